The highest BCUT2D eigenvalue weighted by molar-refractivity contribution is 5.79. The Kier molecular flexibility index (Phi) is 4.23. The van der Waals surface area contributed by atoms with Crippen molar-refractivity contribution in [2.24, 2.45) is 0 Å². The highest BCUT2D eigenvalue weighted by atomic mass is 19.4. The zero-order valence-corrected chi connectivity index (χ0v) is 7.11. The van der Waals surface area contributed by atoms with Gasteiger partial charge in [-0.3, -0.25) is 4.79 Å². The van der Waals surface area contributed by atoms with Gasteiger partial charge in [0, 0.05) is 13.0 Å². The van der Waals surface area contributed by atoms with Gasteiger partial charge < -0.3 is 4.90 Å². The van der Waals surface area contributed by atoms with Crippen LogP contribution in [0.3, 0.4) is 0 Å². The summed E-state index contributed by atoms with van der Waals surface area (Å²) >= 11 is 0. The van der Waals surface area contributed by atoms with Crippen molar-refractivity contribution in [2.45, 2.75) is 19.0 Å². The third-order valence-corrected chi connectivity index (χ3v) is 1.24. The molecule has 2 nitrogen and oxygen atoms in total. The van der Waals surface area contributed by atoms with E-state index in [1.54, 1.807) is 19.0 Å². The third-order valence-electron chi connectivity index (χ3n) is 1.24. The summed E-state index contributed by atoms with van der Waals surface area (Å²) in [5.74, 6) is -0.754. The molecule has 0 heterocycles. The Labute approximate surface area is 69.3 Å². The van der Waals surface area contributed by atoms with Crippen molar-refractivity contribution in [3.05, 3.63) is 0 Å². The van der Waals surface area contributed by atoms with E-state index in [-0.39, 0.29) is 6.42 Å². The molecule has 0 radical (unpaired) electrons. The van der Waals surface area contributed by atoms with Gasteiger partial charge in [0.25, 0.3) is 0 Å². The van der Waals surface area contributed by atoms with Gasteiger partial charge in [0.15, 0.2) is 0 Å². The molecule has 0 aliphatic heterocycles. The molecule has 0 spiro atoms. The molecule has 72 valence electrons. The van der Waals surface area contributed by atoms with E-state index >= 15 is 0 Å². The fourth-order valence-corrected chi connectivity index (χ4v) is 0.660. The molecule has 5 heteroatoms. The van der Waals surface area contributed by atoms with Crippen LogP contribution in [0.5, 0.6) is 0 Å². The smallest absolute Gasteiger partial charge is 0.309 e. The van der Waals surface area contributed by atoms with Crippen molar-refractivity contribution in [1.82, 2.24) is 4.90 Å². The van der Waals surface area contributed by atoms with Crippen LogP contribution in [0, 0.1) is 0 Å². The summed E-state index contributed by atoms with van der Waals surface area (Å²) in [7, 11) is 3.42. The Hall–Kier alpha value is -0.580. The van der Waals surface area contributed by atoms with Crippen LogP contribution in [-0.2, 0) is 4.79 Å². The maximum Gasteiger partial charge on any atom is 0.395 e. The molecule has 0 aromatic rings. The number of carbonyl (C=O) groups is 1. The van der Waals surface area contributed by atoms with Crippen LogP contribution in [0.2, 0.25) is 0 Å². The van der Waals surface area contributed by atoms with Crippen molar-refractivity contribution < 1.29 is 18.0 Å². The van der Waals surface area contributed by atoms with Crippen molar-refractivity contribution in [2.75, 3.05) is 20.6 Å². The average molecular weight is 183 g/mol. The molecule has 0 saturated heterocycles. The Morgan fingerprint density at radius 1 is 1.33 bits per heavy atom. The molecule has 12 heavy (non-hydrogen) atoms. The van der Waals surface area contributed by atoms with Crippen LogP contribution in [0.15, 0.2) is 0 Å². The number of hydrogen-bond acceptors (Lipinski definition) is 2. The first-order valence-corrected chi connectivity index (χ1v) is 3.54. The number of rotatable bonds is 4. The zero-order valence-electron chi connectivity index (χ0n) is 7.11. The van der Waals surface area contributed by atoms with Gasteiger partial charge >= 0.3 is 6.18 Å². The standard InChI is InChI=1S/C7H12F3NO/c1-11(2)4-3-6(12)5-7(8,9)10/h3-5H2,1-2H3. The minimum absolute atomic E-state index is 0.0352. The summed E-state index contributed by atoms with van der Waals surface area (Å²) in [4.78, 5) is 12.3. The number of carbonyl (C=O) groups excluding carboxylic acids is 1. The second-order valence-electron chi connectivity index (χ2n) is 2.88. The number of nitrogens with zero attached hydrogens (tertiary/aromatic N) is 1. The maximum absolute atomic E-state index is 11.6. The molecule has 0 aliphatic carbocycles. The zero-order chi connectivity index (χ0) is 9.78. The number of hydrogen-bond donors (Lipinski definition) is 0. The second-order valence-corrected chi connectivity index (χ2v) is 2.88. The predicted octanol–water partition coefficient (Wildman–Crippen LogP) is 1.46. The second kappa shape index (κ2) is 4.45. The minimum atomic E-state index is -4.36. The molecule has 0 aromatic heterocycles. The number of ketones is 1. The van der Waals surface area contributed by atoms with E-state index in [1.807, 2.05) is 0 Å². The molecule has 0 N–H and O–H groups in total. The summed E-state index contributed by atoms with van der Waals surface area (Å²) < 4.78 is 34.8. The number of halogens is 3. The van der Waals surface area contributed by atoms with E-state index in [0.29, 0.717) is 6.54 Å². The summed E-state index contributed by atoms with van der Waals surface area (Å²) in [6.45, 7) is 0.370. The Bertz CT molecular complexity index is 153. The first kappa shape index (κ1) is 11.4. The van der Waals surface area contributed by atoms with Gasteiger partial charge in [0.1, 0.15) is 12.2 Å². The third kappa shape index (κ3) is 7.53. The van der Waals surface area contributed by atoms with Crippen LogP contribution >= 0.6 is 0 Å². The Morgan fingerprint density at radius 2 is 1.83 bits per heavy atom. The quantitative estimate of drug-likeness (QED) is 0.657. The molecule has 0 amide bonds. The SMILES string of the molecule is CN(C)CCC(=O)CC(F)(F)F. The topological polar surface area (TPSA) is 20.3 Å². The van der Waals surface area contributed by atoms with E-state index in [9.17, 15) is 18.0 Å². The lowest BCUT2D eigenvalue weighted by Crippen LogP contribution is -2.20. The van der Waals surface area contributed by atoms with Crippen LogP contribution in [0.25, 0.3) is 0 Å². The van der Waals surface area contributed by atoms with Crippen molar-refractivity contribution in [3.63, 3.8) is 0 Å². The van der Waals surface area contributed by atoms with Crippen LogP contribution in [0.4, 0.5) is 13.2 Å². The van der Waals surface area contributed by atoms with Gasteiger partial charge in [-0.25, -0.2) is 0 Å². The maximum atomic E-state index is 11.6. The van der Waals surface area contributed by atoms with Gasteiger partial charge in [0.2, 0.25) is 0 Å². The predicted molar refractivity (Wildman–Crippen MR) is 38.9 cm³/mol. The van der Waals surface area contributed by atoms with Crippen LogP contribution in [-0.4, -0.2) is 37.5 Å². The Balaban J connectivity index is 3.61. The molecule has 0 rings (SSSR count). The minimum Gasteiger partial charge on any atom is -0.309 e. The molecule has 0 bridgehead atoms. The van der Waals surface area contributed by atoms with Crippen molar-refractivity contribution in [1.29, 1.82) is 0 Å². The molecular formula is C7H12F3NO. The average Bonchev–Trinajstić information content (AvgIpc) is 1.79. The van der Waals surface area contributed by atoms with Crippen molar-refractivity contribution >= 4 is 5.78 Å². The fourth-order valence-electron chi connectivity index (χ4n) is 0.660. The lowest BCUT2D eigenvalue weighted by atomic mass is 10.2. The van der Waals surface area contributed by atoms with Gasteiger partial charge in [-0.15, -0.1) is 0 Å². The first-order chi connectivity index (χ1) is 5.31. The molecule has 0 saturated carbocycles. The fraction of sp³-hybridized carbons (Fsp3) is 0.857. The van der Waals surface area contributed by atoms with Gasteiger partial charge in [-0.05, 0) is 14.1 Å². The van der Waals surface area contributed by atoms with E-state index in [2.05, 4.69) is 0 Å². The summed E-state index contributed by atoms with van der Waals surface area (Å²) in [5, 5.41) is 0. The van der Waals surface area contributed by atoms with E-state index in [4.69, 9.17) is 0 Å². The summed E-state index contributed by atoms with van der Waals surface area (Å²) in [6.07, 6.45) is -5.70. The summed E-state index contributed by atoms with van der Waals surface area (Å²) in [5.41, 5.74) is 0. The molecule has 0 fully saturated rings. The van der Waals surface area contributed by atoms with Gasteiger partial charge in [-0.1, -0.05) is 0 Å². The molecular weight excluding hydrogens is 171 g/mol. The van der Waals surface area contributed by atoms with Crippen molar-refractivity contribution in [3.8, 4) is 0 Å². The largest absolute Gasteiger partial charge is 0.395 e. The van der Waals surface area contributed by atoms with Crippen LogP contribution in [0.1, 0.15) is 12.8 Å². The first-order valence-electron chi connectivity index (χ1n) is 3.54. The monoisotopic (exact) mass is 183 g/mol. The molecule has 0 aliphatic rings. The van der Waals surface area contributed by atoms with Gasteiger partial charge in [0.05, 0.1) is 0 Å². The molecule has 0 atom stereocenters. The van der Waals surface area contributed by atoms with Gasteiger partial charge in [-0.2, -0.15) is 13.2 Å². The normalized spacial score (nSPS) is 12.2. The number of alkyl halides is 3. The van der Waals surface area contributed by atoms with E-state index < -0.39 is 18.4 Å². The van der Waals surface area contributed by atoms with E-state index in [1.165, 1.54) is 0 Å². The lowest BCUT2D eigenvalue weighted by Gasteiger charge is -2.09. The van der Waals surface area contributed by atoms with E-state index in [0.717, 1.165) is 0 Å². The summed E-state index contributed by atoms with van der Waals surface area (Å²) in [6, 6.07) is 0. The molecule has 0 unspecified atom stereocenters. The highest BCUT2D eigenvalue weighted by Gasteiger charge is 2.30. The lowest BCUT2D eigenvalue weighted by molar-refractivity contribution is -0.152. The number of Topliss-reactive ketones (excluding diaryl/α,β-unsaturated/α-hetero) is 1. The Morgan fingerprint density at radius 3 is 2.17 bits per heavy atom. The molecule has 0 aromatic carbocycles. The highest BCUT2D eigenvalue weighted by Crippen LogP contribution is 2.20. The van der Waals surface area contributed by atoms with Crippen LogP contribution < -0.4 is 0 Å².